The van der Waals surface area contributed by atoms with E-state index >= 15 is 0 Å². The van der Waals surface area contributed by atoms with E-state index in [0.717, 1.165) is 5.92 Å². The van der Waals surface area contributed by atoms with E-state index in [1.54, 1.807) is 0 Å². The van der Waals surface area contributed by atoms with Crippen molar-refractivity contribution in [3.8, 4) is 0 Å². The van der Waals surface area contributed by atoms with Gasteiger partial charge < -0.3 is 10.3 Å². The lowest BCUT2D eigenvalue weighted by atomic mass is 10.1. The number of rotatable bonds is 4. The molecule has 1 aromatic rings. The maximum absolute atomic E-state index is 3.42. The van der Waals surface area contributed by atoms with Crippen molar-refractivity contribution in [1.29, 1.82) is 0 Å². The average Bonchev–Trinajstić information content (AvgIpc) is 2.88. The summed E-state index contributed by atoms with van der Waals surface area (Å²) in [5.41, 5.74) is 1.31. The van der Waals surface area contributed by atoms with Crippen LogP contribution in [0.1, 0.15) is 25.1 Å². The molecule has 1 aliphatic rings. The molecule has 2 heterocycles. The molecule has 0 aromatic carbocycles. The molecule has 1 aromatic heterocycles. The average molecular weight is 207 g/mol. The summed E-state index contributed by atoms with van der Waals surface area (Å²) in [6, 6.07) is 4.71. The zero-order chi connectivity index (χ0) is 10.7. The van der Waals surface area contributed by atoms with Gasteiger partial charge in [0.05, 0.1) is 0 Å². The largest absolute Gasteiger partial charge is 0.364 e. The molecule has 0 spiro atoms. The van der Waals surface area contributed by atoms with Gasteiger partial charge in [-0.2, -0.15) is 0 Å². The normalized spacial score (nSPS) is 23.5. The van der Waals surface area contributed by atoms with Crippen molar-refractivity contribution in [2.45, 2.75) is 19.4 Å². The minimum Gasteiger partial charge on any atom is -0.364 e. The first-order valence-corrected chi connectivity index (χ1v) is 5.81. The van der Waals surface area contributed by atoms with Gasteiger partial charge in [-0.1, -0.05) is 0 Å². The summed E-state index contributed by atoms with van der Waals surface area (Å²) in [6.07, 6.45) is 3.32. The fourth-order valence-corrected chi connectivity index (χ4v) is 2.28. The first kappa shape index (κ1) is 10.7. The van der Waals surface area contributed by atoms with Crippen molar-refractivity contribution in [3.05, 3.63) is 24.0 Å². The molecule has 15 heavy (non-hydrogen) atoms. The van der Waals surface area contributed by atoms with Gasteiger partial charge in [0, 0.05) is 24.5 Å². The number of aromatic nitrogens is 1. The van der Waals surface area contributed by atoms with Gasteiger partial charge in [0.25, 0.3) is 0 Å². The first-order valence-electron chi connectivity index (χ1n) is 5.81. The lowest BCUT2D eigenvalue weighted by molar-refractivity contribution is 0.223. The predicted molar refractivity (Wildman–Crippen MR) is 62.8 cm³/mol. The number of hydrogen-bond acceptors (Lipinski definition) is 2. The number of aromatic amines is 1. The van der Waals surface area contributed by atoms with E-state index < -0.39 is 0 Å². The summed E-state index contributed by atoms with van der Waals surface area (Å²) in [6.45, 7) is 5.82. The van der Waals surface area contributed by atoms with Crippen molar-refractivity contribution in [3.63, 3.8) is 0 Å². The Balaban J connectivity index is 1.87. The predicted octanol–water partition coefficient (Wildman–Crippen LogP) is 1.62. The van der Waals surface area contributed by atoms with Crippen LogP contribution in [0.4, 0.5) is 0 Å². The summed E-state index contributed by atoms with van der Waals surface area (Å²) in [5.74, 6) is 0.826. The van der Waals surface area contributed by atoms with E-state index in [4.69, 9.17) is 0 Å². The van der Waals surface area contributed by atoms with Gasteiger partial charge in [-0.25, -0.2) is 0 Å². The highest BCUT2D eigenvalue weighted by Gasteiger charge is 2.19. The Kier molecular flexibility index (Phi) is 3.44. The van der Waals surface area contributed by atoms with Crippen LogP contribution in [0.5, 0.6) is 0 Å². The molecule has 84 valence electrons. The molecule has 1 fully saturated rings. The number of nitrogens with one attached hydrogen (secondary N) is 2. The van der Waals surface area contributed by atoms with Gasteiger partial charge in [0.2, 0.25) is 0 Å². The third-order valence-corrected chi connectivity index (χ3v) is 3.44. The molecule has 0 bridgehead atoms. The van der Waals surface area contributed by atoms with Gasteiger partial charge in [0.15, 0.2) is 0 Å². The zero-order valence-electron chi connectivity index (χ0n) is 9.66. The second kappa shape index (κ2) is 4.81. The summed E-state index contributed by atoms with van der Waals surface area (Å²) in [5, 5.41) is 3.42. The third-order valence-electron chi connectivity index (χ3n) is 3.44. The maximum atomic E-state index is 3.42. The monoisotopic (exact) mass is 207 g/mol. The van der Waals surface area contributed by atoms with Crippen molar-refractivity contribution in [2.75, 3.05) is 26.7 Å². The van der Waals surface area contributed by atoms with E-state index in [2.05, 4.69) is 41.3 Å². The highest BCUT2D eigenvalue weighted by Crippen LogP contribution is 2.19. The van der Waals surface area contributed by atoms with Crippen molar-refractivity contribution < 1.29 is 0 Å². The van der Waals surface area contributed by atoms with Crippen LogP contribution in [0.25, 0.3) is 0 Å². The van der Waals surface area contributed by atoms with Crippen LogP contribution < -0.4 is 5.32 Å². The van der Waals surface area contributed by atoms with E-state index in [0.29, 0.717) is 6.04 Å². The molecular weight excluding hydrogens is 186 g/mol. The van der Waals surface area contributed by atoms with Crippen LogP contribution in [-0.2, 0) is 0 Å². The molecule has 0 saturated carbocycles. The highest BCUT2D eigenvalue weighted by molar-refractivity contribution is 5.08. The number of hydrogen-bond donors (Lipinski definition) is 2. The Labute approximate surface area is 91.9 Å². The Morgan fingerprint density at radius 2 is 2.47 bits per heavy atom. The molecule has 0 unspecified atom stereocenters. The zero-order valence-corrected chi connectivity index (χ0v) is 9.66. The minimum atomic E-state index is 0.487. The molecule has 1 saturated heterocycles. The molecule has 3 heteroatoms. The maximum Gasteiger partial charge on any atom is 0.0467 e. The smallest absolute Gasteiger partial charge is 0.0467 e. The Bertz CT molecular complexity index is 275. The Morgan fingerprint density at radius 3 is 3.07 bits per heavy atom. The van der Waals surface area contributed by atoms with Gasteiger partial charge in [-0.05, 0) is 51.5 Å². The van der Waals surface area contributed by atoms with Crippen LogP contribution in [0.15, 0.2) is 18.3 Å². The SMILES string of the molecule is C[C@H](c1ccc[nH]1)N(C)C[C@@H]1CCNC1. The summed E-state index contributed by atoms with van der Waals surface area (Å²) < 4.78 is 0. The Morgan fingerprint density at radius 1 is 1.60 bits per heavy atom. The summed E-state index contributed by atoms with van der Waals surface area (Å²) in [4.78, 5) is 5.72. The van der Waals surface area contributed by atoms with Crippen LogP contribution in [-0.4, -0.2) is 36.6 Å². The van der Waals surface area contributed by atoms with Gasteiger partial charge in [0.1, 0.15) is 0 Å². The quantitative estimate of drug-likeness (QED) is 0.786. The highest BCUT2D eigenvalue weighted by atomic mass is 15.1. The van der Waals surface area contributed by atoms with Crippen LogP contribution in [0.2, 0.25) is 0 Å². The van der Waals surface area contributed by atoms with E-state index in [-0.39, 0.29) is 0 Å². The van der Waals surface area contributed by atoms with Crippen molar-refractivity contribution in [2.24, 2.45) is 5.92 Å². The fourth-order valence-electron chi connectivity index (χ4n) is 2.28. The molecule has 0 aliphatic carbocycles. The molecular formula is C12H21N3. The van der Waals surface area contributed by atoms with E-state index in [1.807, 2.05) is 6.20 Å². The topological polar surface area (TPSA) is 31.1 Å². The minimum absolute atomic E-state index is 0.487. The summed E-state index contributed by atoms with van der Waals surface area (Å²) >= 11 is 0. The molecule has 0 radical (unpaired) electrons. The molecule has 1 aliphatic heterocycles. The standard InChI is InChI=1S/C12H21N3/c1-10(12-4-3-6-14-12)15(2)9-11-5-7-13-8-11/h3-4,6,10-11,13-14H,5,7-9H2,1-2H3/t10-,11-/m1/s1. The second-order valence-corrected chi connectivity index (χ2v) is 4.60. The van der Waals surface area contributed by atoms with Crippen molar-refractivity contribution >= 4 is 0 Å². The molecule has 0 amide bonds. The fraction of sp³-hybridized carbons (Fsp3) is 0.667. The molecule has 2 atom stereocenters. The summed E-state index contributed by atoms with van der Waals surface area (Å²) in [7, 11) is 2.21. The van der Waals surface area contributed by atoms with E-state index in [1.165, 1.54) is 31.7 Å². The van der Waals surface area contributed by atoms with Crippen LogP contribution >= 0.6 is 0 Å². The van der Waals surface area contributed by atoms with Gasteiger partial charge in [-0.3, -0.25) is 4.90 Å². The molecule has 3 nitrogen and oxygen atoms in total. The number of nitrogens with zero attached hydrogens (tertiary/aromatic N) is 1. The third kappa shape index (κ3) is 2.61. The lowest BCUT2D eigenvalue weighted by Crippen LogP contribution is -2.29. The second-order valence-electron chi connectivity index (χ2n) is 4.60. The van der Waals surface area contributed by atoms with Crippen molar-refractivity contribution in [1.82, 2.24) is 15.2 Å². The molecule has 2 N–H and O–H groups in total. The van der Waals surface area contributed by atoms with Gasteiger partial charge in [-0.15, -0.1) is 0 Å². The van der Waals surface area contributed by atoms with Crippen LogP contribution in [0, 0.1) is 5.92 Å². The van der Waals surface area contributed by atoms with E-state index in [9.17, 15) is 0 Å². The van der Waals surface area contributed by atoms with Crippen LogP contribution in [0.3, 0.4) is 0 Å². The first-order chi connectivity index (χ1) is 7.27. The Hall–Kier alpha value is -0.800. The molecule has 2 rings (SSSR count). The number of H-pyrrole nitrogens is 1. The lowest BCUT2D eigenvalue weighted by Gasteiger charge is -2.26. The van der Waals surface area contributed by atoms with Gasteiger partial charge >= 0.3 is 0 Å².